The summed E-state index contributed by atoms with van der Waals surface area (Å²) in [5.41, 5.74) is 0.737. The Morgan fingerprint density at radius 3 is 2.50 bits per heavy atom. The second kappa shape index (κ2) is 10.8. The fourth-order valence-corrected chi connectivity index (χ4v) is 5.78. The van der Waals surface area contributed by atoms with Crippen molar-refractivity contribution in [2.24, 2.45) is 0 Å². The number of nitrogens with one attached hydrogen (secondary N) is 1. The van der Waals surface area contributed by atoms with Crippen LogP contribution in [0.5, 0.6) is 0 Å². The summed E-state index contributed by atoms with van der Waals surface area (Å²) < 4.78 is 26.2. The highest BCUT2D eigenvalue weighted by Crippen LogP contribution is 2.30. The molecule has 1 aliphatic rings. The summed E-state index contributed by atoms with van der Waals surface area (Å²) >= 11 is 12.2. The SMILES string of the molecule is CCNC(=O)[C@H](C)N(Cc1ccc(Cl)cc1Cl)C(=O)CCCN1C(=O)c2ccccc2S1(=O)=O. The summed E-state index contributed by atoms with van der Waals surface area (Å²) in [5.74, 6) is -1.30. The van der Waals surface area contributed by atoms with Crippen LogP contribution >= 0.6 is 23.2 Å². The maximum absolute atomic E-state index is 13.1. The first-order chi connectivity index (χ1) is 16.1. The van der Waals surface area contributed by atoms with E-state index >= 15 is 0 Å². The number of carbonyl (C=O) groups is 3. The number of nitrogens with zero attached hydrogens (tertiary/aromatic N) is 2. The molecule has 1 heterocycles. The quantitative estimate of drug-likeness (QED) is 0.539. The van der Waals surface area contributed by atoms with Crippen molar-refractivity contribution in [2.45, 2.75) is 44.2 Å². The van der Waals surface area contributed by atoms with Gasteiger partial charge in [0.25, 0.3) is 15.9 Å². The first kappa shape index (κ1) is 26.0. The highest BCUT2D eigenvalue weighted by molar-refractivity contribution is 7.90. The minimum absolute atomic E-state index is 0.0322. The van der Waals surface area contributed by atoms with Crippen LogP contribution in [0.25, 0.3) is 0 Å². The Kier molecular flexibility index (Phi) is 8.22. The van der Waals surface area contributed by atoms with Gasteiger partial charge in [-0.05, 0) is 50.1 Å². The van der Waals surface area contributed by atoms with Gasteiger partial charge in [-0.25, -0.2) is 12.7 Å². The molecular weight excluding hydrogens is 501 g/mol. The predicted octanol–water partition coefficient (Wildman–Crippen LogP) is 3.47. The van der Waals surface area contributed by atoms with Crippen LogP contribution in [-0.2, 0) is 26.2 Å². The second-order valence-electron chi connectivity index (χ2n) is 7.81. The molecule has 0 fully saturated rings. The Morgan fingerprint density at radius 1 is 1.15 bits per heavy atom. The third kappa shape index (κ3) is 5.37. The maximum Gasteiger partial charge on any atom is 0.269 e. The largest absolute Gasteiger partial charge is 0.355 e. The lowest BCUT2D eigenvalue weighted by atomic mass is 10.1. The number of carbonyl (C=O) groups excluding carboxylic acids is 3. The van der Waals surface area contributed by atoms with Crippen molar-refractivity contribution in [3.63, 3.8) is 0 Å². The maximum atomic E-state index is 13.1. The zero-order valence-corrected chi connectivity index (χ0v) is 21.1. The molecule has 2 aromatic rings. The van der Waals surface area contributed by atoms with Crippen molar-refractivity contribution in [3.05, 3.63) is 63.6 Å². The summed E-state index contributed by atoms with van der Waals surface area (Å²) in [4.78, 5) is 39.5. The van der Waals surface area contributed by atoms with Gasteiger partial charge in [0.15, 0.2) is 0 Å². The van der Waals surface area contributed by atoms with Gasteiger partial charge in [0, 0.05) is 36.1 Å². The molecule has 182 valence electrons. The molecule has 11 heteroatoms. The number of amides is 3. The Bertz CT molecular complexity index is 1220. The van der Waals surface area contributed by atoms with Gasteiger partial charge in [0.2, 0.25) is 11.8 Å². The molecule has 8 nitrogen and oxygen atoms in total. The molecule has 0 aliphatic carbocycles. The van der Waals surface area contributed by atoms with Gasteiger partial charge in [0.1, 0.15) is 10.9 Å². The zero-order valence-electron chi connectivity index (χ0n) is 18.8. The number of likely N-dealkylation sites (N-methyl/N-ethyl adjacent to an activating group) is 1. The standard InChI is InChI=1S/C23H25Cl2N3O5S/c1-3-26-22(30)15(2)27(14-16-10-11-17(24)13-19(16)25)21(29)9-6-12-28-23(31)18-7-4-5-8-20(18)34(28,32)33/h4-5,7-8,10-11,13,15H,3,6,9,12,14H2,1-2H3,(H,26,30)/t15-/m0/s1. The van der Waals surface area contributed by atoms with Gasteiger partial charge in [0.05, 0.1) is 5.56 Å². The van der Waals surface area contributed by atoms with E-state index in [1.54, 1.807) is 44.2 Å². The van der Waals surface area contributed by atoms with E-state index in [1.165, 1.54) is 17.0 Å². The van der Waals surface area contributed by atoms with E-state index < -0.39 is 22.0 Å². The van der Waals surface area contributed by atoms with Gasteiger partial charge in [-0.1, -0.05) is 41.4 Å². The van der Waals surface area contributed by atoms with Gasteiger partial charge in [-0.15, -0.1) is 0 Å². The molecule has 0 saturated carbocycles. The van der Waals surface area contributed by atoms with Crippen LogP contribution in [0.3, 0.4) is 0 Å². The van der Waals surface area contributed by atoms with Crippen LogP contribution < -0.4 is 5.32 Å². The summed E-state index contributed by atoms with van der Waals surface area (Å²) in [6.07, 6.45) is 0.0371. The highest BCUT2D eigenvalue weighted by Gasteiger charge is 2.40. The minimum atomic E-state index is -3.94. The normalized spacial score (nSPS) is 15.1. The molecule has 0 unspecified atom stereocenters. The van der Waals surface area contributed by atoms with E-state index in [0.29, 0.717) is 22.2 Å². The number of fused-ring (bicyclic) bond motifs is 1. The van der Waals surface area contributed by atoms with Gasteiger partial charge in [-0.3, -0.25) is 14.4 Å². The molecule has 0 aromatic heterocycles. The van der Waals surface area contributed by atoms with Crippen LogP contribution in [0.1, 0.15) is 42.6 Å². The Labute approximate surface area is 208 Å². The molecule has 0 radical (unpaired) electrons. The molecule has 1 N–H and O–H groups in total. The van der Waals surface area contributed by atoms with Crippen LogP contribution in [0.15, 0.2) is 47.4 Å². The average molecular weight is 526 g/mol. The van der Waals surface area contributed by atoms with Crippen LogP contribution in [0, 0.1) is 0 Å². The minimum Gasteiger partial charge on any atom is -0.355 e. The van der Waals surface area contributed by atoms with Crippen molar-refractivity contribution in [1.82, 2.24) is 14.5 Å². The smallest absolute Gasteiger partial charge is 0.269 e. The van der Waals surface area contributed by atoms with E-state index in [9.17, 15) is 22.8 Å². The number of halogens is 2. The van der Waals surface area contributed by atoms with Gasteiger partial charge in [-0.2, -0.15) is 0 Å². The Hall–Kier alpha value is -2.62. The summed E-state index contributed by atoms with van der Waals surface area (Å²) in [6.45, 7) is 3.71. The molecule has 1 atom stereocenters. The molecule has 1 aliphatic heterocycles. The van der Waals surface area contributed by atoms with Crippen LogP contribution in [0.2, 0.25) is 10.0 Å². The fourth-order valence-electron chi connectivity index (χ4n) is 3.71. The van der Waals surface area contributed by atoms with E-state index in [1.807, 2.05) is 0 Å². The topological polar surface area (TPSA) is 104 Å². The number of hydrogen-bond donors (Lipinski definition) is 1. The number of hydrogen-bond acceptors (Lipinski definition) is 5. The summed E-state index contributed by atoms with van der Waals surface area (Å²) in [6, 6.07) is 10.1. The van der Waals surface area contributed by atoms with Crippen molar-refractivity contribution in [1.29, 1.82) is 0 Å². The number of benzene rings is 2. The first-order valence-corrected chi connectivity index (χ1v) is 12.9. The highest BCUT2D eigenvalue weighted by atomic mass is 35.5. The lowest BCUT2D eigenvalue weighted by Crippen LogP contribution is -2.47. The van der Waals surface area contributed by atoms with Crippen molar-refractivity contribution >= 4 is 50.9 Å². The average Bonchev–Trinajstić information content (AvgIpc) is 2.99. The second-order valence-corrected chi connectivity index (χ2v) is 10.5. The molecule has 3 rings (SSSR count). The first-order valence-electron chi connectivity index (χ1n) is 10.7. The molecule has 3 amide bonds. The van der Waals surface area contributed by atoms with E-state index in [4.69, 9.17) is 23.2 Å². The molecule has 0 saturated heterocycles. The number of rotatable bonds is 9. The zero-order chi connectivity index (χ0) is 25.0. The van der Waals surface area contributed by atoms with E-state index in [2.05, 4.69) is 5.32 Å². The third-order valence-electron chi connectivity index (χ3n) is 5.54. The van der Waals surface area contributed by atoms with E-state index in [0.717, 1.165) is 4.31 Å². The lowest BCUT2D eigenvalue weighted by Gasteiger charge is -2.29. The van der Waals surface area contributed by atoms with Crippen LogP contribution in [-0.4, -0.2) is 54.5 Å². The molecule has 2 aromatic carbocycles. The molecule has 0 spiro atoms. The molecule has 0 bridgehead atoms. The van der Waals surface area contributed by atoms with Crippen molar-refractivity contribution in [3.8, 4) is 0 Å². The monoisotopic (exact) mass is 525 g/mol. The van der Waals surface area contributed by atoms with Crippen molar-refractivity contribution < 1.29 is 22.8 Å². The fraction of sp³-hybridized carbons (Fsp3) is 0.348. The third-order valence-corrected chi connectivity index (χ3v) is 7.97. The Balaban J connectivity index is 1.73. The Morgan fingerprint density at radius 2 is 1.85 bits per heavy atom. The van der Waals surface area contributed by atoms with Gasteiger partial charge >= 0.3 is 0 Å². The predicted molar refractivity (Wildman–Crippen MR) is 129 cm³/mol. The summed E-state index contributed by atoms with van der Waals surface area (Å²) in [7, 11) is -3.94. The number of sulfonamides is 1. The lowest BCUT2D eigenvalue weighted by molar-refractivity contribution is -0.140. The van der Waals surface area contributed by atoms with Crippen LogP contribution in [0.4, 0.5) is 0 Å². The van der Waals surface area contributed by atoms with E-state index in [-0.39, 0.29) is 48.2 Å². The summed E-state index contributed by atoms with van der Waals surface area (Å²) in [5, 5.41) is 3.50. The molecular formula is C23H25Cl2N3O5S. The van der Waals surface area contributed by atoms with Gasteiger partial charge < -0.3 is 10.2 Å². The molecule has 34 heavy (non-hydrogen) atoms. The van der Waals surface area contributed by atoms with Crippen molar-refractivity contribution in [2.75, 3.05) is 13.1 Å².